The molecular weight excluding hydrogens is 358 g/mol. The van der Waals surface area contributed by atoms with E-state index in [1.165, 1.54) is 19.3 Å². The fraction of sp³-hybridized carbons (Fsp3) is 0.364. The number of hydrogen-bond acceptors (Lipinski definition) is 2. The lowest BCUT2D eigenvalue weighted by Crippen LogP contribution is -2.42. The first kappa shape index (κ1) is 18.1. The van der Waals surface area contributed by atoms with E-state index in [1.54, 1.807) is 4.68 Å². The normalized spacial score (nSPS) is 19.9. The molecule has 2 atom stereocenters. The zero-order chi connectivity index (χ0) is 18.8. The summed E-state index contributed by atoms with van der Waals surface area (Å²) >= 11 is 6.22. The van der Waals surface area contributed by atoms with Gasteiger partial charge in [0.25, 0.3) is 0 Å². The number of amides is 1. The molecule has 1 fully saturated rings. The SMILES string of the molecule is CC1CCCCC1NC(=O)Cn1nc(-c2ccccc2)c2cc(Cl)ccc21. The predicted molar refractivity (Wildman–Crippen MR) is 110 cm³/mol. The fourth-order valence-electron chi connectivity index (χ4n) is 4.00. The van der Waals surface area contributed by atoms with Crippen molar-refractivity contribution >= 4 is 28.4 Å². The molecule has 1 amide bonds. The van der Waals surface area contributed by atoms with Crippen molar-refractivity contribution in [2.75, 3.05) is 0 Å². The molecule has 4 nitrogen and oxygen atoms in total. The van der Waals surface area contributed by atoms with E-state index in [1.807, 2.05) is 48.5 Å². The second-order valence-corrected chi connectivity index (χ2v) is 7.91. The molecule has 2 aromatic carbocycles. The Labute approximate surface area is 164 Å². The topological polar surface area (TPSA) is 46.9 Å². The number of nitrogens with one attached hydrogen (secondary N) is 1. The van der Waals surface area contributed by atoms with E-state index < -0.39 is 0 Å². The Morgan fingerprint density at radius 1 is 1.19 bits per heavy atom. The van der Waals surface area contributed by atoms with Crippen LogP contribution in [0.5, 0.6) is 0 Å². The van der Waals surface area contributed by atoms with Crippen LogP contribution in [0.15, 0.2) is 48.5 Å². The number of nitrogens with zero attached hydrogens (tertiary/aromatic N) is 2. The molecule has 0 aliphatic heterocycles. The van der Waals surface area contributed by atoms with Gasteiger partial charge in [-0.15, -0.1) is 0 Å². The van der Waals surface area contributed by atoms with Crippen LogP contribution in [0, 0.1) is 5.92 Å². The van der Waals surface area contributed by atoms with Gasteiger partial charge in [0.2, 0.25) is 5.91 Å². The van der Waals surface area contributed by atoms with E-state index in [9.17, 15) is 4.79 Å². The summed E-state index contributed by atoms with van der Waals surface area (Å²) in [4.78, 5) is 12.7. The first-order valence-electron chi connectivity index (χ1n) is 9.62. The third kappa shape index (κ3) is 3.86. The van der Waals surface area contributed by atoms with Crippen molar-refractivity contribution in [1.29, 1.82) is 0 Å². The number of halogens is 1. The Morgan fingerprint density at radius 3 is 2.74 bits per heavy atom. The molecule has 3 aromatic rings. The molecule has 1 aliphatic rings. The van der Waals surface area contributed by atoms with Gasteiger partial charge in [-0.3, -0.25) is 9.48 Å². The van der Waals surface area contributed by atoms with Crippen molar-refractivity contribution in [3.05, 3.63) is 53.6 Å². The Morgan fingerprint density at radius 2 is 1.96 bits per heavy atom. The van der Waals surface area contributed by atoms with Crippen LogP contribution in [0.4, 0.5) is 0 Å². The van der Waals surface area contributed by atoms with Crippen LogP contribution in [-0.2, 0) is 11.3 Å². The zero-order valence-electron chi connectivity index (χ0n) is 15.5. The van der Waals surface area contributed by atoms with Gasteiger partial charge in [0.1, 0.15) is 12.2 Å². The molecule has 140 valence electrons. The van der Waals surface area contributed by atoms with Crippen LogP contribution in [0.2, 0.25) is 5.02 Å². The summed E-state index contributed by atoms with van der Waals surface area (Å²) in [6, 6.07) is 16.0. The highest BCUT2D eigenvalue weighted by Gasteiger charge is 2.23. The molecule has 4 rings (SSSR count). The molecule has 0 saturated heterocycles. The van der Waals surface area contributed by atoms with Crippen LogP contribution in [0.25, 0.3) is 22.2 Å². The molecular formula is C22H24ClN3O. The summed E-state index contributed by atoms with van der Waals surface area (Å²) in [5.74, 6) is 0.559. The molecule has 2 unspecified atom stereocenters. The minimum Gasteiger partial charge on any atom is -0.351 e. The number of carbonyl (C=O) groups excluding carboxylic acids is 1. The average Bonchev–Trinajstić information content (AvgIpc) is 3.02. The number of aromatic nitrogens is 2. The number of fused-ring (bicyclic) bond motifs is 1. The molecule has 1 saturated carbocycles. The molecule has 0 radical (unpaired) electrons. The minimum atomic E-state index is 0.0210. The summed E-state index contributed by atoms with van der Waals surface area (Å²) in [5, 5.41) is 9.60. The third-order valence-electron chi connectivity index (χ3n) is 5.51. The minimum absolute atomic E-state index is 0.0210. The smallest absolute Gasteiger partial charge is 0.241 e. The molecule has 5 heteroatoms. The van der Waals surface area contributed by atoms with Gasteiger partial charge in [0.15, 0.2) is 0 Å². The van der Waals surface area contributed by atoms with Crippen LogP contribution in [0.1, 0.15) is 32.6 Å². The number of rotatable bonds is 4. The Balaban J connectivity index is 1.63. The lowest BCUT2D eigenvalue weighted by atomic mass is 9.86. The van der Waals surface area contributed by atoms with Crippen molar-refractivity contribution in [3.63, 3.8) is 0 Å². The van der Waals surface area contributed by atoms with Gasteiger partial charge in [-0.25, -0.2) is 0 Å². The quantitative estimate of drug-likeness (QED) is 0.687. The van der Waals surface area contributed by atoms with E-state index >= 15 is 0 Å². The average molecular weight is 382 g/mol. The summed E-state index contributed by atoms with van der Waals surface area (Å²) < 4.78 is 1.79. The maximum Gasteiger partial charge on any atom is 0.241 e. The Bertz CT molecular complexity index is 951. The summed E-state index contributed by atoms with van der Waals surface area (Å²) in [5.41, 5.74) is 2.79. The second-order valence-electron chi connectivity index (χ2n) is 7.47. The lowest BCUT2D eigenvalue weighted by Gasteiger charge is -2.29. The van der Waals surface area contributed by atoms with Gasteiger partial charge in [0, 0.05) is 22.0 Å². The second kappa shape index (κ2) is 7.73. The molecule has 1 N–H and O–H groups in total. The third-order valence-corrected chi connectivity index (χ3v) is 5.75. The molecule has 0 spiro atoms. The maximum atomic E-state index is 12.7. The van der Waals surface area contributed by atoms with Crippen LogP contribution in [0.3, 0.4) is 0 Å². The van der Waals surface area contributed by atoms with E-state index in [4.69, 9.17) is 16.7 Å². The molecule has 1 heterocycles. The molecule has 1 aromatic heterocycles. The van der Waals surface area contributed by atoms with Gasteiger partial charge in [0.05, 0.1) is 5.52 Å². The molecule has 1 aliphatic carbocycles. The zero-order valence-corrected chi connectivity index (χ0v) is 16.2. The first-order valence-corrected chi connectivity index (χ1v) is 10.0. The highest BCUT2D eigenvalue weighted by atomic mass is 35.5. The van der Waals surface area contributed by atoms with Crippen molar-refractivity contribution in [2.45, 2.75) is 45.2 Å². The maximum absolute atomic E-state index is 12.7. The highest BCUT2D eigenvalue weighted by molar-refractivity contribution is 6.31. The fourth-order valence-corrected chi connectivity index (χ4v) is 4.17. The summed E-state index contributed by atoms with van der Waals surface area (Å²) in [7, 11) is 0. The Hall–Kier alpha value is -2.33. The monoisotopic (exact) mass is 381 g/mol. The predicted octanol–water partition coefficient (Wildman–Crippen LogP) is 5.05. The van der Waals surface area contributed by atoms with Crippen LogP contribution >= 0.6 is 11.6 Å². The van der Waals surface area contributed by atoms with Gasteiger partial charge >= 0.3 is 0 Å². The van der Waals surface area contributed by atoms with Crippen LogP contribution < -0.4 is 5.32 Å². The summed E-state index contributed by atoms with van der Waals surface area (Å²) in [6.07, 6.45) is 4.71. The molecule has 27 heavy (non-hydrogen) atoms. The van der Waals surface area contributed by atoms with E-state index in [0.29, 0.717) is 10.9 Å². The largest absolute Gasteiger partial charge is 0.351 e. The van der Waals surface area contributed by atoms with Crippen molar-refractivity contribution < 1.29 is 4.79 Å². The van der Waals surface area contributed by atoms with Gasteiger partial charge in [-0.1, -0.05) is 61.7 Å². The standard InChI is InChI=1S/C22H24ClN3O/c1-15-7-5-6-10-19(15)24-21(27)14-26-20-12-11-17(23)13-18(20)22(25-26)16-8-3-2-4-9-16/h2-4,8-9,11-13,15,19H,5-7,10,14H2,1H3,(H,24,27). The molecule has 0 bridgehead atoms. The van der Waals surface area contributed by atoms with E-state index in [2.05, 4.69) is 12.2 Å². The van der Waals surface area contributed by atoms with Crippen molar-refractivity contribution in [2.24, 2.45) is 5.92 Å². The van der Waals surface area contributed by atoms with Crippen molar-refractivity contribution in [3.8, 4) is 11.3 Å². The number of hydrogen-bond donors (Lipinski definition) is 1. The van der Waals surface area contributed by atoms with Crippen molar-refractivity contribution in [1.82, 2.24) is 15.1 Å². The highest BCUT2D eigenvalue weighted by Crippen LogP contribution is 2.30. The van der Waals surface area contributed by atoms with Crippen LogP contribution in [-0.4, -0.2) is 21.7 Å². The number of carbonyl (C=O) groups is 1. The van der Waals surface area contributed by atoms with Gasteiger partial charge in [-0.2, -0.15) is 5.10 Å². The summed E-state index contributed by atoms with van der Waals surface area (Å²) in [6.45, 7) is 2.44. The van der Waals surface area contributed by atoms with Gasteiger partial charge < -0.3 is 5.32 Å². The Kier molecular flexibility index (Phi) is 5.17. The lowest BCUT2D eigenvalue weighted by molar-refractivity contribution is -0.123. The number of benzene rings is 2. The van der Waals surface area contributed by atoms with E-state index in [-0.39, 0.29) is 18.5 Å². The van der Waals surface area contributed by atoms with E-state index in [0.717, 1.165) is 28.6 Å². The van der Waals surface area contributed by atoms with Gasteiger partial charge in [-0.05, 0) is 37.0 Å². The first-order chi connectivity index (χ1) is 13.1.